The van der Waals surface area contributed by atoms with Crippen LogP contribution in [0.5, 0.6) is 0 Å². The quantitative estimate of drug-likeness (QED) is 0.716. The van der Waals surface area contributed by atoms with Gasteiger partial charge in [0.05, 0.1) is 11.1 Å². The summed E-state index contributed by atoms with van der Waals surface area (Å²) in [5.74, 6) is -0.420. The molecule has 0 radical (unpaired) electrons. The van der Waals surface area contributed by atoms with Crippen LogP contribution in [0.25, 0.3) is 0 Å². The minimum Gasteiger partial charge on any atom is -0.352 e. The molecule has 0 bridgehead atoms. The number of hydrogen-bond acceptors (Lipinski definition) is 4. The van der Waals surface area contributed by atoms with E-state index < -0.39 is 17.6 Å². The highest BCUT2D eigenvalue weighted by atomic mass is 32.2. The summed E-state index contributed by atoms with van der Waals surface area (Å²) >= 11 is 1.42. The molecule has 1 fully saturated rings. The Hall–Kier alpha value is -2.55. The van der Waals surface area contributed by atoms with Crippen LogP contribution in [0.3, 0.4) is 0 Å². The number of amides is 2. The Labute approximate surface area is 177 Å². The molecule has 1 aromatic heterocycles. The number of aromatic nitrogens is 1. The number of thioether (sulfide) groups is 1. The Morgan fingerprint density at radius 1 is 1.20 bits per heavy atom. The minimum atomic E-state index is -4.49. The van der Waals surface area contributed by atoms with E-state index in [4.69, 9.17) is 0 Å². The van der Waals surface area contributed by atoms with Crippen LogP contribution in [0.15, 0.2) is 47.6 Å². The molecule has 2 amide bonds. The summed E-state index contributed by atoms with van der Waals surface area (Å²) in [5, 5.41) is 3.41. The third kappa shape index (κ3) is 5.33. The van der Waals surface area contributed by atoms with Gasteiger partial charge in [0.2, 0.25) is 0 Å². The summed E-state index contributed by atoms with van der Waals surface area (Å²) in [6, 6.07) is 7.89. The summed E-state index contributed by atoms with van der Waals surface area (Å²) < 4.78 is 38.4. The Balaban J connectivity index is 1.52. The highest BCUT2D eigenvalue weighted by molar-refractivity contribution is 7.98. The minimum absolute atomic E-state index is 0.0152. The molecule has 3 rings (SSSR count). The number of hydrogen-bond donors (Lipinski definition) is 1. The van der Waals surface area contributed by atoms with Crippen molar-refractivity contribution >= 4 is 23.6 Å². The second kappa shape index (κ2) is 9.51. The molecule has 1 N–H and O–H groups in total. The van der Waals surface area contributed by atoms with Crippen molar-refractivity contribution in [2.75, 3.05) is 25.9 Å². The molecule has 0 unspecified atom stereocenters. The Morgan fingerprint density at radius 2 is 1.93 bits per heavy atom. The average Bonchev–Trinajstić information content (AvgIpc) is 2.76. The van der Waals surface area contributed by atoms with Gasteiger partial charge >= 0.3 is 6.18 Å². The van der Waals surface area contributed by atoms with Crippen LogP contribution in [-0.2, 0) is 6.18 Å². The Morgan fingerprint density at radius 3 is 2.60 bits per heavy atom. The molecule has 0 aliphatic carbocycles. The SMILES string of the molecule is CSc1ncccc1C(=O)N1CCC(CNC(=O)c2cccc(C(F)(F)F)c2)CC1. The molecular formula is C21H22F3N3O2S. The molecule has 9 heteroatoms. The van der Waals surface area contributed by atoms with E-state index in [0.717, 1.165) is 12.1 Å². The molecular weight excluding hydrogens is 415 g/mol. The van der Waals surface area contributed by atoms with Crippen LogP contribution in [0.4, 0.5) is 13.2 Å². The summed E-state index contributed by atoms with van der Waals surface area (Å²) in [6.07, 6.45) is 0.466. The van der Waals surface area contributed by atoms with Gasteiger partial charge in [-0.2, -0.15) is 13.2 Å². The summed E-state index contributed by atoms with van der Waals surface area (Å²) in [4.78, 5) is 31.0. The maximum absolute atomic E-state index is 12.8. The lowest BCUT2D eigenvalue weighted by Crippen LogP contribution is -2.41. The fraction of sp³-hybridized carbons (Fsp3) is 0.381. The standard InChI is InChI=1S/C21H22F3N3O2S/c1-30-19-17(6-3-9-25-19)20(29)27-10-7-14(8-11-27)13-26-18(28)15-4-2-5-16(12-15)21(22,23)24/h2-6,9,12,14H,7-8,10-11,13H2,1H3,(H,26,28). The molecule has 5 nitrogen and oxygen atoms in total. The highest BCUT2D eigenvalue weighted by Crippen LogP contribution is 2.29. The zero-order valence-corrected chi connectivity index (χ0v) is 17.2. The smallest absolute Gasteiger partial charge is 0.352 e. The molecule has 1 saturated heterocycles. The summed E-state index contributed by atoms with van der Waals surface area (Å²) in [6.45, 7) is 1.48. The van der Waals surface area contributed by atoms with E-state index in [9.17, 15) is 22.8 Å². The first-order valence-corrected chi connectivity index (χ1v) is 10.8. The number of alkyl halides is 3. The molecule has 2 aromatic rings. The van der Waals surface area contributed by atoms with Gasteiger partial charge in [0.25, 0.3) is 11.8 Å². The van der Waals surface area contributed by atoms with Crippen molar-refractivity contribution in [1.29, 1.82) is 0 Å². The first kappa shape index (κ1) is 22.1. The lowest BCUT2D eigenvalue weighted by Gasteiger charge is -2.32. The first-order valence-electron chi connectivity index (χ1n) is 9.53. The van der Waals surface area contributed by atoms with Gasteiger partial charge in [0.15, 0.2) is 0 Å². The number of piperidine rings is 1. The monoisotopic (exact) mass is 437 g/mol. The molecule has 0 saturated carbocycles. The molecule has 30 heavy (non-hydrogen) atoms. The second-order valence-corrected chi connectivity index (χ2v) is 7.88. The maximum Gasteiger partial charge on any atom is 0.416 e. The fourth-order valence-corrected chi connectivity index (χ4v) is 3.94. The highest BCUT2D eigenvalue weighted by Gasteiger charge is 2.31. The predicted molar refractivity (Wildman–Crippen MR) is 108 cm³/mol. The van der Waals surface area contributed by atoms with Crippen molar-refractivity contribution in [3.63, 3.8) is 0 Å². The van der Waals surface area contributed by atoms with E-state index in [1.165, 1.54) is 23.9 Å². The van der Waals surface area contributed by atoms with Gasteiger partial charge in [-0.15, -0.1) is 11.8 Å². The van der Waals surface area contributed by atoms with E-state index in [2.05, 4.69) is 10.3 Å². The predicted octanol–water partition coefficient (Wildman–Crippen LogP) is 4.10. The van der Waals surface area contributed by atoms with Crippen molar-refractivity contribution in [2.24, 2.45) is 5.92 Å². The number of nitrogens with zero attached hydrogens (tertiary/aromatic N) is 2. The Bertz CT molecular complexity index is 912. The zero-order chi connectivity index (χ0) is 21.7. The number of likely N-dealkylation sites (tertiary alicyclic amines) is 1. The van der Waals surface area contributed by atoms with Crippen molar-refractivity contribution in [3.8, 4) is 0 Å². The largest absolute Gasteiger partial charge is 0.416 e. The van der Waals surface area contributed by atoms with E-state index in [1.54, 1.807) is 23.2 Å². The van der Waals surface area contributed by atoms with Gasteiger partial charge in [0.1, 0.15) is 5.03 Å². The molecule has 1 aliphatic heterocycles. The number of pyridine rings is 1. The normalized spacial score (nSPS) is 15.1. The molecule has 0 atom stereocenters. The molecule has 0 spiro atoms. The lowest BCUT2D eigenvalue weighted by atomic mass is 9.96. The van der Waals surface area contributed by atoms with Gasteiger partial charge in [-0.3, -0.25) is 9.59 Å². The van der Waals surface area contributed by atoms with E-state index in [-0.39, 0.29) is 17.4 Å². The fourth-order valence-electron chi connectivity index (χ4n) is 3.40. The van der Waals surface area contributed by atoms with Crippen LogP contribution in [0.2, 0.25) is 0 Å². The van der Waals surface area contributed by atoms with Gasteiger partial charge in [-0.1, -0.05) is 6.07 Å². The van der Waals surface area contributed by atoms with E-state index in [1.807, 2.05) is 6.26 Å². The van der Waals surface area contributed by atoms with E-state index >= 15 is 0 Å². The van der Waals surface area contributed by atoms with Gasteiger partial charge in [-0.25, -0.2) is 4.98 Å². The van der Waals surface area contributed by atoms with Crippen LogP contribution in [0.1, 0.15) is 39.1 Å². The van der Waals surface area contributed by atoms with Crippen LogP contribution in [-0.4, -0.2) is 47.6 Å². The van der Waals surface area contributed by atoms with Crippen LogP contribution >= 0.6 is 11.8 Å². The summed E-state index contributed by atoms with van der Waals surface area (Å²) in [7, 11) is 0. The number of halogens is 3. The van der Waals surface area contributed by atoms with Gasteiger partial charge < -0.3 is 10.2 Å². The van der Waals surface area contributed by atoms with Crippen molar-refractivity contribution in [1.82, 2.24) is 15.2 Å². The topological polar surface area (TPSA) is 62.3 Å². The number of rotatable bonds is 5. The second-order valence-electron chi connectivity index (χ2n) is 7.08. The molecule has 1 aliphatic rings. The molecule has 160 valence electrons. The summed E-state index contributed by atoms with van der Waals surface area (Å²) in [5.41, 5.74) is -0.276. The number of nitrogens with one attached hydrogen (secondary N) is 1. The van der Waals surface area contributed by atoms with Crippen molar-refractivity contribution < 1.29 is 22.8 Å². The van der Waals surface area contributed by atoms with Gasteiger partial charge in [0, 0.05) is 31.4 Å². The zero-order valence-electron chi connectivity index (χ0n) is 16.4. The van der Waals surface area contributed by atoms with Crippen LogP contribution in [0, 0.1) is 5.92 Å². The van der Waals surface area contributed by atoms with Gasteiger partial charge in [-0.05, 0) is 55.3 Å². The third-order valence-electron chi connectivity index (χ3n) is 5.10. The number of benzene rings is 1. The van der Waals surface area contributed by atoms with Crippen LogP contribution < -0.4 is 5.32 Å². The average molecular weight is 437 g/mol. The Kier molecular flexibility index (Phi) is 7.02. The lowest BCUT2D eigenvalue weighted by molar-refractivity contribution is -0.137. The molecule has 1 aromatic carbocycles. The first-order chi connectivity index (χ1) is 14.3. The number of carbonyl (C=O) groups excluding carboxylic acids is 2. The number of carbonyl (C=O) groups is 2. The maximum atomic E-state index is 12.8. The van der Waals surface area contributed by atoms with Crippen molar-refractivity contribution in [2.45, 2.75) is 24.0 Å². The van der Waals surface area contributed by atoms with Crippen molar-refractivity contribution in [3.05, 3.63) is 59.3 Å². The van der Waals surface area contributed by atoms with E-state index in [0.29, 0.717) is 43.1 Å². The third-order valence-corrected chi connectivity index (χ3v) is 5.81. The molecule has 2 heterocycles.